The molecule has 0 aliphatic rings. The first kappa shape index (κ1) is 11.5. The first-order valence-electron chi connectivity index (χ1n) is 5.57. The summed E-state index contributed by atoms with van der Waals surface area (Å²) in [6.07, 6.45) is 1.22. The monoisotopic (exact) mass is 229 g/mol. The van der Waals surface area contributed by atoms with Crippen LogP contribution in [0.5, 0.6) is 5.75 Å². The maximum atomic E-state index is 11.8. The molecule has 1 heterocycles. The summed E-state index contributed by atoms with van der Waals surface area (Å²) in [5.74, 6) is 0.0885. The molecule has 0 unspecified atom stereocenters. The minimum atomic E-state index is -0.220. The van der Waals surface area contributed by atoms with Crippen LogP contribution in [0.2, 0.25) is 0 Å². The Morgan fingerprint density at radius 1 is 1.41 bits per heavy atom. The summed E-state index contributed by atoms with van der Waals surface area (Å²) in [5.41, 5.74) is 1.88. The first-order valence-corrected chi connectivity index (χ1v) is 5.57. The van der Waals surface area contributed by atoms with Gasteiger partial charge in [-0.25, -0.2) is 0 Å². The Hall–Kier alpha value is -2.03. The molecule has 0 radical (unpaired) electrons. The van der Waals surface area contributed by atoms with Gasteiger partial charge in [-0.05, 0) is 31.9 Å². The van der Waals surface area contributed by atoms with Crippen LogP contribution in [-0.2, 0) is 6.42 Å². The lowest BCUT2D eigenvalue weighted by atomic mass is 10.0. The largest absolute Gasteiger partial charge is 0.507 e. The average molecular weight is 229 g/mol. The third-order valence-corrected chi connectivity index (χ3v) is 2.79. The van der Waals surface area contributed by atoms with Gasteiger partial charge in [-0.3, -0.25) is 4.79 Å². The molecule has 0 aliphatic carbocycles. The van der Waals surface area contributed by atoms with E-state index >= 15 is 0 Å². The number of H-pyrrole nitrogens is 1. The fourth-order valence-corrected chi connectivity index (χ4v) is 1.84. The number of hydrogen-bond acceptors (Lipinski definition) is 2. The molecule has 0 bridgehead atoms. The van der Waals surface area contributed by atoms with Crippen LogP contribution in [0.15, 0.2) is 41.2 Å². The predicted molar refractivity (Wildman–Crippen MR) is 69.4 cm³/mol. The van der Waals surface area contributed by atoms with Crippen molar-refractivity contribution >= 4 is 10.9 Å². The number of nitrogens with one attached hydrogen (secondary N) is 1. The second-order valence-electron chi connectivity index (χ2n) is 4.28. The number of para-hydroxylation sites is 1. The van der Waals surface area contributed by atoms with E-state index in [9.17, 15) is 9.90 Å². The van der Waals surface area contributed by atoms with Crippen LogP contribution in [0.25, 0.3) is 10.9 Å². The van der Waals surface area contributed by atoms with Crippen molar-refractivity contribution in [3.8, 4) is 5.75 Å². The SMILES string of the molecule is C=C(C)CCc1c(O)c2ccccc2[nH]c1=O. The van der Waals surface area contributed by atoms with Gasteiger partial charge in [0.2, 0.25) is 0 Å². The maximum absolute atomic E-state index is 11.8. The average Bonchev–Trinajstić information content (AvgIpc) is 2.28. The molecule has 0 amide bonds. The van der Waals surface area contributed by atoms with Crippen molar-refractivity contribution in [2.24, 2.45) is 0 Å². The standard InChI is InChI=1S/C14H15NO2/c1-9(2)7-8-11-13(16)10-5-3-4-6-12(10)15-14(11)17/h3-6H,1,7-8H2,2H3,(H2,15,16,17). The molecule has 1 aromatic carbocycles. The van der Waals surface area contributed by atoms with Crippen LogP contribution in [0, 0.1) is 0 Å². The van der Waals surface area contributed by atoms with Crippen molar-refractivity contribution in [3.63, 3.8) is 0 Å². The topological polar surface area (TPSA) is 53.1 Å². The summed E-state index contributed by atoms with van der Waals surface area (Å²) in [5, 5.41) is 10.8. The number of hydrogen-bond donors (Lipinski definition) is 2. The first-order chi connectivity index (χ1) is 8.09. The van der Waals surface area contributed by atoms with Gasteiger partial charge in [0.15, 0.2) is 0 Å². The van der Waals surface area contributed by atoms with Crippen LogP contribution < -0.4 is 5.56 Å². The van der Waals surface area contributed by atoms with Gasteiger partial charge in [0.25, 0.3) is 5.56 Å². The van der Waals surface area contributed by atoms with E-state index < -0.39 is 0 Å². The smallest absolute Gasteiger partial charge is 0.255 e. The highest BCUT2D eigenvalue weighted by Gasteiger charge is 2.10. The van der Waals surface area contributed by atoms with Gasteiger partial charge in [0.1, 0.15) is 5.75 Å². The van der Waals surface area contributed by atoms with E-state index in [1.807, 2.05) is 19.1 Å². The Balaban J connectivity index is 2.56. The molecule has 88 valence electrons. The van der Waals surface area contributed by atoms with Crippen molar-refractivity contribution in [3.05, 3.63) is 52.3 Å². The van der Waals surface area contributed by atoms with Crippen molar-refractivity contribution < 1.29 is 5.11 Å². The van der Waals surface area contributed by atoms with Crippen LogP contribution in [0.4, 0.5) is 0 Å². The van der Waals surface area contributed by atoms with Crippen LogP contribution in [-0.4, -0.2) is 10.1 Å². The normalized spacial score (nSPS) is 10.6. The lowest BCUT2D eigenvalue weighted by Crippen LogP contribution is -2.12. The zero-order chi connectivity index (χ0) is 12.4. The van der Waals surface area contributed by atoms with Crippen molar-refractivity contribution in [1.82, 2.24) is 4.98 Å². The molecule has 3 nitrogen and oxygen atoms in total. The van der Waals surface area contributed by atoms with Crippen LogP contribution in [0.1, 0.15) is 18.9 Å². The Kier molecular flexibility index (Phi) is 3.00. The third-order valence-electron chi connectivity index (χ3n) is 2.79. The second kappa shape index (κ2) is 4.45. The Morgan fingerprint density at radius 3 is 2.82 bits per heavy atom. The van der Waals surface area contributed by atoms with Gasteiger partial charge in [-0.1, -0.05) is 17.7 Å². The summed E-state index contributed by atoms with van der Waals surface area (Å²) >= 11 is 0. The number of aromatic hydroxyl groups is 1. The number of pyridine rings is 1. The van der Waals surface area contributed by atoms with Gasteiger partial charge in [-0.2, -0.15) is 0 Å². The summed E-state index contributed by atoms with van der Waals surface area (Å²) in [4.78, 5) is 14.6. The number of fused-ring (bicyclic) bond motifs is 1. The van der Waals surface area contributed by atoms with Gasteiger partial charge < -0.3 is 10.1 Å². The van der Waals surface area contributed by atoms with E-state index in [-0.39, 0.29) is 11.3 Å². The number of aromatic nitrogens is 1. The lowest BCUT2D eigenvalue weighted by Gasteiger charge is -2.07. The summed E-state index contributed by atoms with van der Waals surface area (Å²) < 4.78 is 0. The molecule has 2 N–H and O–H groups in total. The Morgan fingerprint density at radius 2 is 2.12 bits per heavy atom. The van der Waals surface area contributed by atoms with E-state index in [4.69, 9.17) is 0 Å². The predicted octanol–water partition coefficient (Wildman–Crippen LogP) is 2.74. The molecule has 0 saturated carbocycles. The minimum Gasteiger partial charge on any atom is -0.507 e. The highest BCUT2D eigenvalue weighted by Crippen LogP contribution is 2.25. The minimum absolute atomic E-state index is 0.0885. The van der Waals surface area contributed by atoms with Gasteiger partial charge in [0.05, 0.1) is 11.1 Å². The van der Waals surface area contributed by atoms with E-state index in [1.165, 1.54) is 0 Å². The Bertz CT molecular complexity index is 626. The van der Waals surface area contributed by atoms with Crippen molar-refractivity contribution in [2.45, 2.75) is 19.8 Å². The molecule has 0 aliphatic heterocycles. The molecule has 2 rings (SSSR count). The van der Waals surface area contributed by atoms with Crippen LogP contribution in [0.3, 0.4) is 0 Å². The summed E-state index contributed by atoms with van der Waals surface area (Å²) in [6, 6.07) is 7.23. The zero-order valence-corrected chi connectivity index (χ0v) is 9.79. The quantitative estimate of drug-likeness (QED) is 0.795. The van der Waals surface area contributed by atoms with E-state index in [2.05, 4.69) is 11.6 Å². The summed E-state index contributed by atoms with van der Waals surface area (Å²) in [7, 11) is 0. The van der Waals surface area contributed by atoms with Gasteiger partial charge in [-0.15, -0.1) is 6.58 Å². The van der Waals surface area contributed by atoms with Gasteiger partial charge >= 0.3 is 0 Å². The fourth-order valence-electron chi connectivity index (χ4n) is 1.84. The van der Waals surface area contributed by atoms with E-state index in [1.54, 1.807) is 12.1 Å². The molecule has 17 heavy (non-hydrogen) atoms. The van der Waals surface area contributed by atoms with E-state index in [0.717, 1.165) is 5.57 Å². The zero-order valence-electron chi connectivity index (χ0n) is 9.79. The highest BCUT2D eigenvalue weighted by molar-refractivity contribution is 5.85. The number of rotatable bonds is 3. The number of allylic oxidation sites excluding steroid dienone is 1. The van der Waals surface area contributed by atoms with Crippen molar-refractivity contribution in [1.29, 1.82) is 0 Å². The molecule has 1 aromatic heterocycles. The van der Waals surface area contributed by atoms with Crippen LogP contribution >= 0.6 is 0 Å². The van der Waals surface area contributed by atoms with Crippen molar-refractivity contribution in [2.75, 3.05) is 0 Å². The van der Waals surface area contributed by atoms with Gasteiger partial charge in [0, 0.05) is 5.39 Å². The molecule has 0 fully saturated rings. The number of benzene rings is 1. The fraction of sp³-hybridized carbons (Fsp3) is 0.214. The highest BCUT2D eigenvalue weighted by atomic mass is 16.3. The molecular formula is C14H15NO2. The molecular weight excluding hydrogens is 214 g/mol. The number of aromatic amines is 1. The third kappa shape index (κ3) is 2.23. The second-order valence-corrected chi connectivity index (χ2v) is 4.28. The molecule has 0 saturated heterocycles. The molecule has 2 aromatic rings. The molecule has 0 spiro atoms. The Labute approximate surface area is 99.4 Å². The molecule has 0 atom stereocenters. The maximum Gasteiger partial charge on any atom is 0.255 e. The lowest BCUT2D eigenvalue weighted by molar-refractivity contribution is 0.472. The summed E-state index contributed by atoms with van der Waals surface area (Å²) in [6.45, 7) is 5.71. The molecule has 3 heteroatoms. The van der Waals surface area contributed by atoms with E-state index in [0.29, 0.717) is 29.3 Å².